The zero-order valence-corrected chi connectivity index (χ0v) is 13.1. The molecule has 3 rings (SSSR count). The van der Waals surface area contributed by atoms with Gasteiger partial charge in [0.25, 0.3) is 0 Å². The molecule has 0 saturated carbocycles. The highest BCUT2D eigenvalue weighted by Crippen LogP contribution is 2.26. The first-order valence-corrected chi connectivity index (χ1v) is 7.65. The van der Waals surface area contributed by atoms with Gasteiger partial charge in [-0.1, -0.05) is 18.2 Å². The van der Waals surface area contributed by atoms with E-state index in [-0.39, 0.29) is 0 Å². The molecule has 0 bridgehead atoms. The van der Waals surface area contributed by atoms with Crippen LogP contribution >= 0.6 is 0 Å². The first kappa shape index (κ1) is 14.3. The van der Waals surface area contributed by atoms with E-state index in [1.807, 2.05) is 12.1 Å². The Balaban J connectivity index is 2.02. The molecule has 21 heavy (non-hydrogen) atoms. The third-order valence-corrected chi connectivity index (χ3v) is 4.66. The van der Waals surface area contributed by atoms with E-state index < -0.39 is 0 Å². The summed E-state index contributed by atoms with van der Waals surface area (Å²) in [7, 11) is 2.20. The fourth-order valence-corrected chi connectivity index (χ4v) is 3.15. The lowest BCUT2D eigenvalue weighted by atomic mass is 10.1. The number of nitrogens with zero attached hydrogens (tertiary/aromatic N) is 3. The van der Waals surface area contributed by atoms with Gasteiger partial charge in [-0.15, -0.1) is 0 Å². The zero-order valence-electron chi connectivity index (χ0n) is 13.1. The van der Waals surface area contributed by atoms with Crippen LogP contribution in [0.1, 0.15) is 19.4 Å². The van der Waals surface area contributed by atoms with Crippen LogP contribution < -0.4 is 10.6 Å². The van der Waals surface area contributed by atoms with E-state index in [1.54, 1.807) is 0 Å². The zero-order chi connectivity index (χ0) is 15.0. The van der Waals surface area contributed by atoms with Gasteiger partial charge in [-0.3, -0.25) is 4.90 Å². The molecular formula is C17H24N4. The summed E-state index contributed by atoms with van der Waals surface area (Å²) in [4.78, 5) is 9.71. The Morgan fingerprint density at radius 1 is 1.19 bits per heavy atom. The van der Waals surface area contributed by atoms with Crippen molar-refractivity contribution in [2.45, 2.75) is 32.5 Å². The Morgan fingerprint density at radius 2 is 1.86 bits per heavy atom. The maximum absolute atomic E-state index is 5.97. The Morgan fingerprint density at radius 3 is 2.52 bits per heavy atom. The van der Waals surface area contributed by atoms with E-state index in [0.717, 1.165) is 35.4 Å². The smallest absolute Gasteiger partial charge is 0.133 e. The number of piperazine rings is 1. The number of hydrogen-bond acceptors (Lipinski definition) is 4. The van der Waals surface area contributed by atoms with Crippen molar-refractivity contribution < 1.29 is 0 Å². The Kier molecular flexibility index (Phi) is 3.83. The number of para-hydroxylation sites is 1. The predicted octanol–water partition coefficient (Wildman–Crippen LogP) is 2.22. The van der Waals surface area contributed by atoms with Gasteiger partial charge < -0.3 is 10.6 Å². The number of hydrogen-bond donors (Lipinski definition) is 1. The van der Waals surface area contributed by atoms with Crippen LogP contribution in [-0.2, 0) is 6.54 Å². The molecular weight excluding hydrogens is 260 g/mol. The number of anilines is 1. The number of benzene rings is 1. The molecule has 0 radical (unpaired) electrons. The van der Waals surface area contributed by atoms with Crippen LogP contribution in [0.2, 0.25) is 0 Å². The quantitative estimate of drug-likeness (QED) is 0.918. The third kappa shape index (κ3) is 2.61. The van der Waals surface area contributed by atoms with Crippen LogP contribution in [-0.4, -0.2) is 42.1 Å². The minimum Gasteiger partial charge on any atom is -0.353 e. The summed E-state index contributed by atoms with van der Waals surface area (Å²) in [6.07, 6.45) is 0. The molecule has 1 aliphatic rings. The summed E-state index contributed by atoms with van der Waals surface area (Å²) in [6, 6.07) is 11.5. The fraction of sp³-hybridized carbons (Fsp3) is 0.471. The second-order valence-corrected chi connectivity index (χ2v) is 6.14. The minimum atomic E-state index is 0.521. The molecule has 2 N–H and O–H groups in total. The summed E-state index contributed by atoms with van der Waals surface area (Å²) in [5.74, 6) is 1.06. The lowest BCUT2D eigenvalue weighted by Gasteiger charge is -2.43. The molecule has 4 heteroatoms. The van der Waals surface area contributed by atoms with Crippen LogP contribution in [0.4, 0.5) is 5.82 Å². The van der Waals surface area contributed by atoms with E-state index in [2.05, 4.69) is 48.9 Å². The van der Waals surface area contributed by atoms with Gasteiger partial charge >= 0.3 is 0 Å². The highest BCUT2D eigenvalue weighted by atomic mass is 15.3. The number of pyridine rings is 1. The highest BCUT2D eigenvalue weighted by Gasteiger charge is 2.28. The predicted molar refractivity (Wildman–Crippen MR) is 88.5 cm³/mol. The number of nitrogens with two attached hydrogens (primary N) is 1. The SMILES string of the molecule is CC1CN(c2nc3ccccc3cc2CN)CC(C)N1C. The van der Waals surface area contributed by atoms with Crippen molar-refractivity contribution in [3.63, 3.8) is 0 Å². The number of aromatic nitrogens is 1. The molecule has 112 valence electrons. The largest absolute Gasteiger partial charge is 0.353 e. The second-order valence-electron chi connectivity index (χ2n) is 6.14. The Bertz CT molecular complexity index is 628. The van der Waals surface area contributed by atoms with Crippen molar-refractivity contribution in [2.24, 2.45) is 5.73 Å². The van der Waals surface area contributed by atoms with Crippen molar-refractivity contribution in [3.8, 4) is 0 Å². The summed E-state index contributed by atoms with van der Waals surface area (Å²) in [5.41, 5.74) is 8.15. The van der Waals surface area contributed by atoms with Gasteiger partial charge in [0.2, 0.25) is 0 Å². The molecule has 4 nitrogen and oxygen atoms in total. The number of rotatable bonds is 2. The van der Waals surface area contributed by atoms with Crippen LogP contribution in [0.15, 0.2) is 30.3 Å². The summed E-state index contributed by atoms with van der Waals surface area (Å²) < 4.78 is 0. The average molecular weight is 284 g/mol. The van der Waals surface area contributed by atoms with E-state index in [0.29, 0.717) is 18.6 Å². The van der Waals surface area contributed by atoms with Gasteiger partial charge in [-0.25, -0.2) is 4.98 Å². The maximum atomic E-state index is 5.97. The molecule has 2 aromatic rings. The van der Waals surface area contributed by atoms with Crippen molar-refractivity contribution >= 4 is 16.7 Å². The van der Waals surface area contributed by atoms with Crippen LogP contribution in [0.25, 0.3) is 10.9 Å². The van der Waals surface area contributed by atoms with Crippen molar-refractivity contribution in [1.82, 2.24) is 9.88 Å². The third-order valence-electron chi connectivity index (χ3n) is 4.66. The van der Waals surface area contributed by atoms with E-state index in [1.165, 1.54) is 0 Å². The van der Waals surface area contributed by atoms with Crippen LogP contribution in [0, 0.1) is 0 Å². The first-order chi connectivity index (χ1) is 10.1. The summed E-state index contributed by atoms with van der Waals surface area (Å²) in [6.45, 7) is 7.07. The molecule has 0 spiro atoms. The molecule has 0 aliphatic carbocycles. The second kappa shape index (κ2) is 5.62. The van der Waals surface area contributed by atoms with Gasteiger partial charge in [0.1, 0.15) is 5.82 Å². The maximum Gasteiger partial charge on any atom is 0.133 e. The molecule has 1 saturated heterocycles. The lowest BCUT2D eigenvalue weighted by molar-refractivity contribution is 0.169. The van der Waals surface area contributed by atoms with Crippen molar-refractivity contribution in [3.05, 3.63) is 35.9 Å². The van der Waals surface area contributed by atoms with Gasteiger partial charge in [-0.2, -0.15) is 0 Å². The van der Waals surface area contributed by atoms with Gasteiger partial charge in [0.15, 0.2) is 0 Å². The first-order valence-electron chi connectivity index (χ1n) is 7.65. The molecule has 1 aliphatic heterocycles. The van der Waals surface area contributed by atoms with Crippen molar-refractivity contribution in [2.75, 3.05) is 25.0 Å². The molecule has 1 fully saturated rings. The highest BCUT2D eigenvalue weighted by molar-refractivity contribution is 5.81. The summed E-state index contributed by atoms with van der Waals surface area (Å²) >= 11 is 0. The number of likely N-dealkylation sites (N-methyl/N-ethyl adjacent to an activating group) is 1. The average Bonchev–Trinajstić information content (AvgIpc) is 2.50. The van der Waals surface area contributed by atoms with E-state index in [4.69, 9.17) is 10.7 Å². The van der Waals surface area contributed by atoms with Crippen molar-refractivity contribution in [1.29, 1.82) is 0 Å². The molecule has 1 aromatic heterocycles. The normalized spacial score (nSPS) is 23.7. The standard InChI is InChI=1S/C17H24N4/c1-12-10-21(11-13(2)20(12)3)17-15(9-18)8-14-6-4-5-7-16(14)19-17/h4-8,12-13H,9-11,18H2,1-3H3. The van der Waals surface area contributed by atoms with Crippen LogP contribution in [0.5, 0.6) is 0 Å². The van der Waals surface area contributed by atoms with Crippen LogP contribution in [0.3, 0.4) is 0 Å². The van der Waals surface area contributed by atoms with Gasteiger partial charge in [-0.05, 0) is 33.0 Å². The topological polar surface area (TPSA) is 45.4 Å². The lowest BCUT2D eigenvalue weighted by Crippen LogP contribution is -2.55. The summed E-state index contributed by atoms with van der Waals surface area (Å²) in [5, 5.41) is 1.16. The van der Waals surface area contributed by atoms with E-state index in [9.17, 15) is 0 Å². The van der Waals surface area contributed by atoms with E-state index >= 15 is 0 Å². The Labute approximate surface area is 126 Å². The molecule has 0 amide bonds. The van der Waals surface area contributed by atoms with Gasteiger partial charge in [0.05, 0.1) is 5.52 Å². The monoisotopic (exact) mass is 284 g/mol. The number of fused-ring (bicyclic) bond motifs is 1. The minimum absolute atomic E-state index is 0.521. The Hall–Kier alpha value is -1.65. The molecule has 2 unspecified atom stereocenters. The molecule has 1 aromatic carbocycles. The van der Waals surface area contributed by atoms with Gasteiger partial charge in [0, 0.05) is 42.7 Å². The molecule has 2 heterocycles. The fourth-order valence-electron chi connectivity index (χ4n) is 3.15. The molecule has 2 atom stereocenters.